The van der Waals surface area contributed by atoms with E-state index in [1.165, 1.54) is 0 Å². The highest BCUT2D eigenvalue weighted by Gasteiger charge is 2.16. The highest BCUT2D eigenvalue weighted by atomic mass is 16.4. The Morgan fingerprint density at radius 1 is 1.25 bits per heavy atom. The average molecular weight is 279 g/mol. The van der Waals surface area contributed by atoms with E-state index in [4.69, 9.17) is 10.8 Å². The van der Waals surface area contributed by atoms with Gasteiger partial charge in [0.1, 0.15) is 0 Å². The van der Waals surface area contributed by atoms with Gasteiger partial charge in [-0.15, -0.1) is 0 Å². The average Bonchev–Trinajstić information content (AvgIpc) is 2.46. The molecule has 0 bridgehead atoms. The van der Waals surface area contributed by atoms with Crippen LogP contribution in [0.15, 0.2) is 24.3 Å². The summed E-state index contributed by atoms with van der Waals surface area (Å²) in [5.41, 5.74) is 7.52. The van der Waals surface area contributed by atoms with Crippen molar-refractivity contribution in [1.82, 2.24) is 10.6 Å². The molecule has 0 aliphatic carbocycles. The topological polar surface area (TPSA) is 104 Å². The summed E-state index contributed by atoms with van der Waals surface area (Å²) in [6, 6.07) is 7.17. The summed E-state index contributed by atoms with van der Waals surface area (Å²) in [7, 11) is 1.64. The van der Waals surface area contributed by atoms with Crippen LogP contribution in [0.5, 0.6) is 0 Å². The SMILES string of the molecule is CN[C@@H](CCC(=O)O)C(=O)NCc1ccc(CN)cc1. The number of nitrogens with one attached hydrogen (secondary N) is 2. The molecule has 0 spiro atoms. The minimum absolute atomic E-state index is 0.0376. The molecule has 0 saturated heterocycles. The fourth-order valence-corrected chi connectivity index (χ4v) is 1.78. The van der Waals surface area contributed by atoms with Crippen LogP contribution in [0.3, 0.4) is 0 Å². The van der Waals surface area contributed by atoms with Crippen molar-refractivity contribution < 1.29 is 14.7 Å². The van der Waals surface area contributed by atoms with Crippen LogP contribution in [0.2, 0.25) is 0 Å². The molecule has 1 rings (SSSR count). The van der Waals surface area contributed by atoms with Crippen molar-refractivity contribution in [2.45, 2.75) is 32.0 Å². The van der Waals surface area contributed by atoms with E-state index in [-0.39, 0.29) is 18.7 Å². The molecular formula is C14H21N3O3. The number of carbonyl (C=O) groups is 2. The van der Waals surface area contributed by atoms with Gasteiger partial charge in [-0.3, -0.25) is 9.59 Å². The summed E-state index contributed by atoms with van der Waals surface area (Å²) in [5, 5.41) is 14.2. The van der Waals surface area contributed by atoms with E-state index in [2.05, 4.69) is 10.6 Å². The Balaban J connectivity index is 2.45. The molecule has 110 valence electrons. The van der Waals surface area contributed by atoms with Crippen LogP contribution in [0.25, 0.3) is 0 Å². The number of aliphatic carboxylic acids is 1. The van der Waals surface area contributed by atoms with Crippen molar-refractivity contribution in [2.24, 2.45) is 5.73 Å². The van der Waals surface area contributed by atoms with Crippen molar-refractivity contribution in [3.05, 3.63) is 35.4 Å². The first-order valence-corrected chi connectivity index (χ1v) is 6.51. The second-order valence-corrected chi connectivity index (χ2v) is 4.51. The number of rotatable bonds is 8. The van der Waals surface area contributed by atoms with Gasteiger partial charge in [0, 0.05) is 19.5 Å². The van der Waals surface area contributed by atoms with Crippen LogP contribution in [-0.2, 0) is 22.7 Å². The van der Waals surface area contributed by atoms with E-state index in [0.29, 0.717) is 13.1 Å². The number of benzene rings is 1. The van der Waals surface area contributed by atoms with Crippen LogP contribution in [0, 0.1) is 0 Å². The predicted octanol–water partition coefficient (Wildman–Crippen LogP) is 0.214. The van der Waals surface area contributed by atoms with Gasteiger partial charge in [-0.25, -0.2) is 0 Å². The molecule has 1 atom stereocenters. The highest BCUT2D eigenvalue weighted by Crippen LogP contribution is 2.04. The van der Waals surface area contributed by atoms with Gasteiger partial charge in [-0.05, 0) is 24.6 Å². The zero-order valence-electron chi connectivity index (χ0n) is 11.6. The maximum absolute atomic E-state index is 11.9. The molecule has 0 saturated carbocycles. The summed E-state index contributed by atoms with van der Waals surface area (Å²) in [6.07, 6.45) is 0.230. The van der Waals surface area contributed by atoms with Gasteiger partial charge >= 0.3 is 5.97 Å². The van der Waals surface area contributed by atoms with Crippen molar-refractivity contribution in [3.8, 4) is 0 Å². The Bertz CT molecular complexity index is 445. The molecule has 0 fully saturated rings. The molecule has 0 aliphatic heterocycles. The van der Waals surface area contributed by atoms with Gasteiger partial charge < -0.3 is 21.5 Å². The molecule has 1 aromatic rings. The number of carboxylic acids is 1. The third-order valence-corrected chi connectivity index (χ3v) is 3.04. The molecule has 0 unspecified atom stereocenters. The van der Waals surface area contributed by atoms with Gasteiger partial charge in [-0.1, -0.05) is 24.3 Å². The third-order valence-electron chi connectivity index (χ3n) is 3.04. The van der Waals surface area contributed by atoms with Gasteiger partial charge in [0.25, 0.3) is 0 Å². The van der Waals surface area contributed by atoms with Gasteiger partial charge in [-0.2, -0.15) is 0 Å². The van der Waals surface area contributed by atoms with Crippen LogP contribution in [0.1, 0.15) is 24.0 Å². The van der Waals surface area contributed by atoms with E-state index in [9.17, 15) is 9.59 Å². The number of hydrogen-bond donors (Lipinski definition) is 4. The van der Waals surface area contributed by atoms with E-state index in [1.54, 1.807) is 7.05 Å². The zero-order chi connectivity index (χ0) is 15.0. The van der Waals surface area contributed by atoms with Crippen molar-refractivity contribution in [3.63, 3.8) is 0 Å². The fourth-order valence-electron chi connectivity index (χ4n) is 1.78. The molecule has 1 amide bonds. The Labute approximate surface area is 118 Å². The predicted molar refractivity (Wildman–Crippen MR) is 75.9 cm³/mol. The Morgan fingerprint density at radius 2 is 1.85 bits per heavy atom. The molecule has 20 heavy (non-hydrogen) atoms. The minimum atomic E-state index is -0.907. The molecule has 6 heteroatoms. The van der Waals surface area contributed by atoms with Crippen LogP contribution in [-0.4, -0.2) is 30.1 Å². The summed E-state index contributed by atoms with van der Waals surface area (Å²) in [6.45, 7) is 0.901. The van der Waals surface area contributed by atoms with Crippen molar-refractivity contribution in [2.75, 3.05) is 7.05 Å². The van der Waals surface area contributed by atoms with E-state index < -0.39 is 12.0 Å². The maximum Gasteiger partial charge on any atom is 0.303 e. The van der Waals surface area contributed by atoms with Gasteiger partial charge in [0.15, 0.2) is 0 Å². The summed E-state index contributed by atoms with van der Waals surface area (Å²) >= 11 is 0. The molecule has 0 aromatic heterocycles. The molecule has 6 nitrogen and oxygen atoms in total. The second kappa shape index (κ2) is 8.29. The van der Waals surface area contributed by atoms with Crippen molar-refractivity contribution >= 4 is 11.9 Å². The molecule has 0 heterocycles. The quantitative estimate of drug-likeness (QED) is 0.545. The lowest BCUT2D eigenvalue weighted by atomic mass is 10.1. The number of amides is 1. The number of nitrogens with two attached hydrogens (primary N) is 1. The summed E-state index contributed by atoms with van der Waals surface area (Å²) in [5.74, 6) is -1.10. The molecule has 0 aliphatic rings. The third kappa shape index (κ3) is 5.38. The summed E-state index contributed by atoms with van der Waals surface area (Å²) < 4.78 is 0. The zero-order valence-corrected chi connectivity index (χ0v) is 11.6. The molecule has 1 aromatic carbocycles. The van der Waals surface area contributed by atoms with E-state index in [1.807, 2.05) is 24.3 Å². The Morgan fingerprint density at radius 3 is 2.35 bits per heavy atom. The Hall–Kier alpha value is -1.92. The van der Waals surface area contributed by atoms with Gasteiger partial charge in [0.2, 0.25) is 5.91 Å². The van der Waals surface area contributed by atoms with Crippen LogP contribution in [0.4, 0.5) is 0 Å². The second-order valence-electron chi connectivity index (χ2n) is 4.51. The monoisotopic (exact) mass is 279 g/mol. The lowest BCUT2D eigenvalue weighted by Gasteiger charge is -2.15. The van der Waals surface area contributed by atoms with Gasteiger partial charge in [0.05, 0.1) is 6.04 Å². The molecule has 0 radical (unpaired) electrons. The first kappa shape index (κ1) is 16.1. The number of likely N-dealkylation sites (N-methyl/N-ethyl adjacent to an activating group) is 1. The fraction of sp³-hybridized carbons (Fsp3) is 0.429. The smallest absolute Gasteiger partial charge is 0.303 e. The maximum atomic E-state index is 11.9. The lowest BCUT2D eigenvalue weighted by Crippen LogP contribution is -2.42. The van der Waals surface area contributed by atoms with Crippen LogP contribution >= 0.6 is 0 Å². The first-order chi connectivity index (χ1) is 9.56. The molecular weight excluding hydrogens is 258 g/mol. The standard InChI is InChI=1S/C14H21N3O3/c1-16-12(6-7-13(18)19)14(20)17-9-11-4-2-10(8-15)3-5-11/h2-5,12,16H,6-9,15H2,1H3,(H,17,20)(H,18,19)/t12-/m0/s1. The highest BCUT2D eigenvalue weighted by molar-refractivity contribution is 5.82. The van der Waals surface area contributed by atoms with Crippen molar-refractivity contribution in [1.29, 1.82) is 0 Å². The van der Waals surface area contributed by atoms with Crippen LogP contribution < -0.4 is 16.4 Å². The number of hydrogen-bond acceptors (Lipinski definition) is 4. The first-order valence-electron chi connectivity index (χ1n) is 6.51. The number of carboxylic acid groups (broad SMARTS) is 1. The van der Waals surface area contributed by atoms with E-state index in [0.717, 1.165) is 11.1 Å². The normalized spacial score (nSPS) is 11.9. The number of carbonyl (C=O) groups excluding carboxylic acids is 1. The Kier molecular flexibility index (Phi) is 6.69. The lowest BCUT2D eigenvalue weighted by molar-refractivity contribution is -0.137. The van der Waals surface area contributed by atoms with E-state index >= 15 is 0 Å². The molecule has 5 N–H and O–H groups in total. The largest absolute Gasteiger partial charge is 0.481 e. The minimum Gasteiger partial charge on any atom is -0.481 e. The summed E-state index contributed by atoms with van der Waals surface area (Å²) in [4.78, 5) is 22.4.